The molecule has 2 fully saturated rings. The minimum Gasteiger partial charge on any atom is -0.443 e. The van der Waals surface area contributed by atoms with Gasteiger partial charge in [0.05, 0.1) is 33.7 Å². The van der Waals surface area contributed by atoms with Crippen LogP contribution in [-0.4, -0.2) is 58.8 Å². The van der Waals surface area contributed by atoms with Crippen molar-refractivity contribution in [1.82, 2.24) is 4.72 Å². The van der Waals surface area contributed by atoms with Crippen LogP contribution in [-0.2, 0) is 15.7 Å². The zero-order valence-corrected chi connectivity index (χ0v) is 18.9. The second-order valence-corrected chi connectivity index (χ2v) is 11.6. The Bertz CT molecular complexity index is 749. The molecule has 1 aromatic carbocycles. The van der Waals surface area contributed by atoms with Gasteiger partial charge >= 0.3 is 6.09 Å². The van der Waals surface area contributed by atoms with Crippen LogP contribution >= 0.6 is 11.8 Å². The molecule has 1 amide bonds. The Morgan fingerprint density at radius 3 is 2.59 bits per heavy atom. The van der Waals surface area contributed by atoms with Gasteiger partial charge in [0.15, 0.2) is 0 Å². The molecule has 0 aromatic heterocycles. The van der Waals surface area contributed by atoms with Crippen molar-refractivity contribution in [2.45, 2.75) is 44.5 Å². The van der Waals surface area contributed by atoms with Crippen LogP contribution < -0.4 is 14.5 Å². The van der Waals surface area contributed by atoms with Crippen molar-refractivity contribution in [2.24, 2.45) is 0 Å². The minimum absolute atomic E-state index is 0.290. The summed E-state index contributed by atoms with van der Waals surface area (Å²) in [7, 11) is -1.24. The monoisotopic (exact) mass is 443 g/mol. The van der Waals surface area contributed by atoms with Gasteiger partial charge in [-0.1, -0.05) is 0 Å². The summed E-state index contributed by atoms with van der Waals surface area (Å²) in [4.78, 5) is 15.8. The first-order valence-electron chi connectivity index (χ1n) is 10.0. The fraction of sp³-hybridized carbons (Fsp3) is 0.650. The van der Waals surface area contributed by atoms with E-state index in [4.69, 9.17) is 4.74 Å². The molecule has 29 heavy (non-hydrogen) atoms. The molecule has 1 unspecified atom stereocenters. The van der Waals surface area contributed by atoms with Crippen molar-refractivity contribution < 1.29 is 18.1 Å². The van der Waals surface area contributed by atoms with Crippen molar-refractivity contribution in [2.75, 3.05) is 47.5 Å². The van der Waals surface area contributed by atoms with Crippen molar-refractivity contribution in [3.63, 3.8) is 0 Å². The molecule has 2 aliphatic rings. The molecule has 6 nitrogen and oxygen atoms in total. The number of thioether (sulfide) groups is 1. The first kappa shape index (κ1) is 22.4. The molecule has 2 atom stereocenters. The number of hydrogen-bond acceptors (Lipinski definition) is 5. The molecule has 2 aliphatic heterocycles. The number of nitrogens with one attached hydrogen (secondary N) is 1. The quantitative estimate of drug-likeness (QED) is 0.754. The maximum atomic E-state index is 14.9. The van der Waals surface area contributed by atoms with Crippen molar-refractivity contribution in [3.8, 4) is 0 Å². The molecule has 0 spiro atoms. The topological polar surface area (TPSA) is 61.9 Å². The number of cyclic esters (lactones) is 1. The largest absolute Gasteiger partial charge is 0.443 e. The van der Waals surface area contributed by atoms with Gasteiger partial charge in [-0.25, -0.2) is 18.1 Å². The van der Waals surface area contributed by atoms with Gasteiger partial charge in [-0.2, -0.15) is 11.8 Å². The smallest absolute Gasteiger partial charge is 0.414 e. The SMILES string of the molecule is CC(C)(C)S(=O)NC[C@H]1CN(c2ccc(N3CCCSCCC3)c(F)c2)C(=O)O1. The van der Waals surface area contributed by atoms with Gasteiger partial charge < -0.3 is 9.64 Å². The highest BCUT2D eigenvalue weighted by Crippen LogP contribution is 2.29. The Balaban J connectivity index is 1.63. The van der Waals surface area contributed by atoms with Crippen LogP contribution in [0.4, 0.5) is 20.6 Å². The van der Waals surface area contributed by atoms with E-state index in [0.29, 0.717) is 24.5 Å². The van der Waals surface area contributed by atoms with Crippen LogP contribution in [0.3, 0.4) is 0 Å². The lowest BCUT2D eigenvalue weighted by Crippen LogP contribution is -2.38. The maximum absolute atomic E-state index is 14.9. The fourth-order valence-corrected chi connectivity index (χ4v) is 4.95. The number of carbonyl (C=O) groups is 1. The van der Waals surface area contributed by atoms with Gasteiger partial charge in [0, 0.05) is 19.6 Å². The van der Waals surface area contributed by atoms with Crippen LogP contribution in [0, 0.1) is 5.82 Å². The van der Waals surface area contributed by atoms with Gasteiger partial charge in [-0.3, -0.25) is 4.90 Å². The molecule has 0 bridgehead atoms. The third-order valence-electron chi connectivity index (χ3n) is 4.89. The normalized spacial score (nSPS) is 22.2. The summed E-state index contributed by atoms with van der Waals surface area (Å²) in [6, 6.07) is 4.94. The third-order valence-corrected chi connectivity index (χ3v) is 7.59. The van der Waals surface area contributed by atoms with Gasteiger partial charge in [0.25, 0.3) is 0 Å². The molecular formula is C20H30FN3O3S2. The first-order chi connectivity index (χ1) is 13.8. The van der Waals surface area contributed by atoms with Gasteiger partial charge in [-0.15, -0.1) is 0 Å². The van der Waals surface area contributed by atoms with E-state index in [-0.39, 0.29) is 5.82 Å². The number of anilines is 2. The standard InChI is InChI=1S/C20H30FN3O3S2/c1-20(2,3)29(26)22-13-16-14-24(19(25)27-16)15-6-7-18(17(21)12-15)23-8-4-10-28-11-5-9-23/h6-7,12,16,22H,4-5,8-11,13-14H2,1-3H3/t16-,29?/m0/s1. The molecule has 162 valence electrons. The molecule has 2 heterocycles. The number of hydrogen-bond donors (Lipinski definition) is 1. The highest BCUT2D eigenvalue weighted by Gasteiger charge is 2.33. The second kappa shape index (κ2) is 9.66. The van der Waals surface area contributed by atoms with E-state index in [1.54, 1.807) is 12.1 Å². The maximum Gasteiger partial charge on any atom is 0.414 e. The third kappa shape index (κ3) is 5.86. The molecule has 3 rings (SSSR count). The summed E-state index contributed by atoms with van der Waals surface area (Å²) in [6.07, 6.45) is 1.14. The minimum atomic E-state index is -1.24. The van der Waals surface area contributed by atoms with Crippen molar-refractivity contribution in [1.29, 1.82) is 0 Å². The summed E-state index contributed by atoms with van der Waals surface area (Å²) >= 11 is 1.95. The lowest BCUT2D eigenvalue weighted by Gasteiger charge is -2.27. The van der Waals surface area contributed by atoms with E-state index in [2.05, 4.69) is 9.62 Å². The Morgan fingerprint density at radius 2 is 1.97 bits per heavy atom. The Morgan fingerprint density at radius 1 is 1.28 bits per heavy atom. The zero-order valence-electron chi connectivity index (χ0n) is 17.3. The lowest BCUT2D eigenvalue weighted by atomic mass is 10.2. The summed E-state index contributed by atoms with van der Waals surface area (Å²) < 4.78 is 34.9. The van der Waals surface area contributed by atoms with E-state index in [9.17, 15) is 13.4 Å². The number of halogens is 1. The number of nitrogens with zero attached hydrogens (tertiary/aromatic N) is 2. The van der Waals surface area contributed by atoms with Crippen molar-refractivity contribution in [3.05, 3.63) is 24.0 Å². The van der Waals surface area contributed by atoms with Crippen LogP contribution in [0.2, 0.25) is 0 Å². The molecule has 0 saturated carbocycles. The highest BCUT2D eigenvalue weighted by molar-refractivity contribution is 7.99. The number of benzene rings is 1. The summed E-state index contributed by atoms with van der Waals surface area (Å²) in [5, 5.41) is 0. The molecule has 0 aliphatic carbocycles. The molecule has 1 aromatic rings. The van der Waals surface area contributed by atoms with E-state index in [1.165, 1.54) is 11.0 Å². The molecular weight excluding hydrogens is 413 g/mol. The van der Waals surface area contributed by atoms with E-state index in [1.807, 2.05) is 32.5 Å². The number of ether oxygens (including phenoxy) is 1. The zero-order chi connectivity index (χ0) is 21.0. The van der Waals surface area contributed by atoms with Gasteiger partial charge in [0.1, 0.15) is 11.9 Å². The number of rotatable bonds is 5. The van der Waals surface area contributed by atoms with E-state index < -0.39 is 27.9 Å². The van der Waals surface area contributed by atoms with Gasteiger partial charge in [-0.05, 0) is 63.3 Å². The van der Waals surface area contributed by atoms with Crippen LogP contribution in [0.1, 0.15) is 33.6 Å². The predicted octanol–water partition coefficient (Wildman–Crippen LogP) is 3.54. The highest BCUT2D eigenvalue weighted by atomic mass is 32.2. The van der Waals surface area contributed by atoms with E-state index >= 15 is 0 Å². The average molecular weight is 444 g/mol. The number of amides is 1. The van der Waals surface area contributed by atoms with Gasteiger partial charge in [0.2, 0.25) is 0 Å². The molecule has 2 saturated heterocycles. The summed E-state index contributed by atoms with van der Waals surface area (Å²) in [6.45, 7) is 7.89. The summed E-state index contributed by atoms with van der Waals surface area (Å²) in [5.41, 5.74) is 1.07. The lowest BCUT2D eigenvalue weighted by molar-refractivity contribution is 0.143. The molecule has 9 heteroatoms. The molecule has 1 N–H and O–H groups in total. The Labute approximate surface area is 179 Å². The Hall–Kier alpha value is -1.32. The first-order valence-corrected chi connectivity index (χ1v) is 12.3. The van der Waals surface area contributed by atoms with Crippen LogP contribution in [0.15, 0.2) is 18.2 Å². The average Bonchev–Trinajstić information content (AvgIpc) is 3.00. The fourth-order valence-electron chi connectivity index (χ4n) is 3.31. The summed E-state index contributed by atoms with van der Waals surface area (Å²) in [5.74, 6) is 1.88. The molecule has 0 radical (unpaired) electrons. The van der Waals surface area contributed by atoms with Crippen molar-refractivity contribution >= 4 is 40.2 Å². The number of carbonyl (C=O) groups excluding carboxylic acids is 1. The van der Waals surface area contributed by atoms with Crippen LogP contribution in [0.25, 0.3) is 0 Å². The van der Waals surface area contributed by atoms with Crippen LogP contribution in [0.5, 0.6) is 0 Å². The Kier molecular flexibility index (Phi) is 7.45. The predicted molar refractivity (Wildman–Crippen MR) is 119 cm³/mol. The second-order valence-electron chi connectivity index (χ2n) is 8.29. The van der Waals surface area contributed by atoms with E-state index in [0.717, 1.165) is 37.4 Å².